The summed E-state index contributed by atoms with van der Waals surface area (Å²) in [5.74, 6) is 2.34. The van der Waals surface area contributed by atoms with Crippen LogP contribution in [-0.2, 0) is 0 Å². The summed E-state index contributed by atoms with van der Waals surface area (Å²) in [4.78, 5) is 24.6. The van der Waals surface area contributed by atoms with Crippen LogP contribution in [0.2, 0.25) is 0 Å². The first kappa shape index (κ1) is 43.1. The minimum absolute atomic E-state index is 0.00648. The summed E-state index contributed by atoms with van der Waals surface area (Å²) in [7, 11) is 0. The molecule has 0 unspecified atom stereocenters. The fourth-order valence-corrected chi connectivity index (χ4v) is 3.89. The highest BCUT2D eigenvalue weighted by atomic mass is 32.2. The molecule has 4 nitrogen and oxygen atoms in total. The van der Waals surface area contributed by atoms with Crippen LogP contribution in [0.15, 0.2) is 24.3 Å². The van der Waals surface area contributed by atoms with Crippen LogP contribution in [0.1, 0.15) is 123 Å². The molecule has 0 fully saturated rings. The van der Waals surface area contributed by atoms with Crippen LogP contribution in [-0.4, -0.2) is 53.0 Å². The summed E-state index contributed by atoms with van der Waals surface area (Å²) in [6, 6.07) is 6.73. The molecule has 37 heavy (non-hydrogen) atoms. The SMILES string of the molecule is CC.CC.CCC(C)C.CCCCC.CSCC(CSC)C(=O)c1ccc(C(=O)NC(C)(C)CO)cc1. The van der Waals surface area contributed by atoms with Gasteiger partial charge in [-0.1, -0.05) is 100 Å². The molecule has 1 amide bonds. The monoisotopic (exact) mass is 559 g/mol. The van der Waals surface area contributed by atoms with Gasteiger partial charge < -0.3 is 10.4 Å². The van der Waals surface area contributed by atoms with E-state index in [1.165, 1.54) is 25.7 Å². The number of aliphatic hydroxyl groups is 1. The van der Waals surface area contributed by atoms with Crippen molar-refractivity contribution in [3.8, 4) is 0 Å². The number of thioether (sulfide) groups is 2. The van der Waals surface area contributed by atoms with Gasteiger partial charge in [-0.25, -0.2) is 0 Å². The number of carbonyl (C=O) groups is 2. The first-order chi connectivity index (χ1) is 17.5. The summed E-state index contributed by atoms with van der Waals surface area (Å²) < 4.78 is 0. The molecular weight excluding hydrogens is 498 g/mol. The van der Waals surface area contributed by atoms with Crippen molar-refractivity contribution in [3.05, 3.63) is 35.4 Å². The summed E-state index contributed by atoms with van der Waals surface area (Å²) in [5.41, 5.74) is 0.443. The van der Waals surface area contributed by atoms with Crippen LogP contribution in [0.5, 0.6) is 0 Å². The molecule has 0 aliphatic heterocycles. The second kappa shape index (κ2) is 29.6. The number of unbranched alkanes of at least 4 members (excludes halogenated alkanes) is 2. The third-order valence-electron chi connectivity index (χ3n) is 4.91. The van der Waals surface area contributed by atoms with Gasteiger partial charge in [0.2, 0.25) is 0 Å². The van der Waals surface area contributed by atoms with Crippen LogP contribution in [0, 0.1) is 11.8 Å². The third-order valence-corrected chi connectivity index (χ3v) is 6.38. The van der Waals surface area contributed by atoms with E-state index in [0.29, 0.717) is 11.1 Å². The van der Waals surface area contributed by atoms with Crippen molar-refractivity contribution >= 4 is 35.2 Å². The maximum absolute atomic E-state index is 12.5. The zero-order chi connectivity index (χ0) is 29.9. The number of aliphatic hydroxyl groups excluding tert-OH is 1. The molecule has 0 aliphatic carbocycles. The van der Waals surface area contributed by atoms with Crippen LogP contribution >= 0.6 is 23.5 Å². The molecule has 6 heteroatoms. The molecule has 2 N–H and O–H groups in total. The zero-order valence-corrected chi connectivity index (χ0v) is 28.1. The predicted molar refractivity (Wildman–Crippen MR) is 173 cm³/mol. The van der Waals surface area contributed by atoms with Gasteiger partial charge in [0.25, 0.3) is 5.91 Å². The Kier molecular flexibility index (Phi) is 34.4. The van der Waals surface area contributed by atoms with Gasteiger partial charge in [0.05, 0.1) is 12.1 Å². The summed E-state index contributed by atoms with van der Waals surface area (Å²) in [5, 5.41) is 12.0. The second-order valence-electron chi connectivity index (χ2n) is 9.20. The van der Waals surface area contributed by atoms with E-state index in [9.17, 15) is 14.7 Å². The Labute approximate surface area is 239 Å². The van der Waals surface area contributed by atoms with Crippen molar-refractivity contribution in [1.82, 2.24) is 5.32 Å². The molecule has 0 aliphatic rings. The smallest absolute Gasteiger partial charge is 0.251 e. The Bertz CT molecular complexity index is 624. The summed E-state index contributed by atoms with van der Waals surface area (Å²) in [6.07, 6.45) is 9.38. The van der Waals surface area contributed by atoms with Crippen LogP contribution in [0.25, 0.3) is 0 Å². The highest BCUT2D eigenvalue weighted by molar-refractivity contribution is 7.99. The van der Waals surface area contributed by atoms with Crippen molar-refractivity contribution in [2.24, 2.45) is 11.8 Å². The van der Waals surface area contributed by atoms with Gasteiger partial charge >= 0.3 is 0 Å². The molecule has 1 aromatic rings. The largest absolute Gasteiger partial charge is 0.394 e. The maximum Gasteiger partial charge on any atom is 0.251 e. The number of hydrogen-bond acceptors (Lipinski definition) is 5. The normalized spacial score (nSPS) is 9.95. The molecule has 0 aromatic heterocycles. The molecular formula is C31H61NO3S2. The topological polar surface area (TPSA) is 66.4 Å². The van der Waals surface area contributed by atoms with Crippen molar-refractivity contribution in [3.63, 3.8) is 0 Å². The van der Waals surface area contributed by atoms with Crippen LogP contribution in [0.4, 0.5) is 0 Å². The lowest BCUT2D eigenvalue weighted by Gasteiger charge is -2.23. The number of ketones is 1. The lowest BCUT2D eigenvalue weighted by atomic mass is 9.99. The first-order valence-corrected chi connectivity index (χ1v) is 16.9. The van der Waals surface area contributed by atoms with E-state index in [1.54, 1.807) is 61.6 Å². The van der Waals surface area contributed by atoms with Gasteiger partial charge in [-0.15, -0.1) is 0 Å². The lowest BCUT2D eigenvalue weighted by molar-refractivity contribution is 0.0867. The Hall–Kier alpha value is -0.980. The molecule has 0 saturated heterocycles. The number of hydrogen-bond donors (Lipinski definition) is 2. The first-order valence-electron chi connectivity index (χ1n) is 14.1. The van der Waals surface area contributed by atoms with Crippen molar-refractivity contribution < 1.29 is 14.7 Å². The lowest BCUT2D eigenvalue weighted by Crippen LogP contribution is -2.46. The minimum atomic E-state index is -0.673. The Morgan fingerprint density at radius 3 is 1.51 bits per heavy atom. The van der Waals surface area contributed by atoms with Crippen LogP contribution in [0.3, 0.4) is 0 Å². The van der Waals surface area contributed by atoms with Gasteiger partial charge in [-0.3, -0.25) is 9.59 Å². The van der Waals surface area contributed by atoms with E-state index in [1.807, 2.05) is 40.2 Å². The number of carbonyl (C=O) groups excluding carboxylic acids is 2. The molecule has 0 heterocycles. The third kappa shape index (κ3) is 25.1. The standard InChI is InChI=1S/C17H25NO3S2.2C5H12.2C2H6/c1-17(2,11-19)18-16(21)13-7-5-12(6-8-13)15(20)14(9-22-3)10-23-4;1-4-5(2)3;1-3-5-4-2;2*1-2/h5-8,14,19H,9-11H2,1-4H3,(H,18,21);5H,4H2,1-3H3;3-5H2,1-2H3;2*1-2H3. The molecule has 0 bridgehead atoms. The zero-order valence-electron chi connectivity index (χ0n) is 26.5. The summed E-state index contributed by atoms with van der Waals surface area (Å²) >= 11 is 3.34. The number of Topliss-reactive ketones (excluding diaryl/α,β-unsaturated/α-hetero) is 1. The predicted octanol–water partition coefficient (Wildman–Crippen LogP) is 9.01. The number of nitrogens with one attached hydrogen (secondary N) is 1. The molecule has 0 radical (unpaired) electrons. The molecule has 0 spiro atoms. The van der Waals surface area contributed by atoms with Crippen molar-refractivity contribution in [1.29, 1.82) is 0 Å². The van der Waals surface area contributed by atoms with E-state index in [0.717, 1.165) is 17.4 Å². The van der Waals surface area contributed by atoms with E-state index < -0.39 is 5.54 Å². The molecule has 0 saturated carbocycles. The van der Waals surface area contributed by atoms with Gasteiger partial charge in [-0.05, 0) is 44.4 Å². The second-order valence-corrected chi connectivity index (χ2v) is 11.0. The van der Waals surface area contributed by atoms with E-state index in [2.05, 4.69) is 39.9 Å². The molecule has 220 valence electrons. The highest BCUT2D eigenvalue weighted by Crippen LogP contribution is 2.18. The molecule has 1 rings (SSSR count). The van der Waals surface area contributed by atoms with Crippen molar-refractivity contribution in [2.75, 3.05) is 30.6 Å². The van der Waals surface area contributed by atoms with E-state index >= 15 is 0 Å². The Balaban J connectivity index is -0.000000322. The van der Waals surface area contributed by atoms with Gasteiger partial charge in [0, 0.05) is 28.6 Å². The summed E-state index contributed by atoms with van der Waals surface area (Å²) in [6.45, 7) is 22.4. The maximum atomic E-state index is 12.5. The molecule has 0 atom stereocenters. The van der Waals surface area contributed by atoms with Crippen molar-refractivity contribution in [2.45, 2.75) is 107 Å². The fourth-order valence-electron chi connectivity index (χ4n) is 2.40. The quantitative estimate of drug-likeness (QED) is 0.250. The molecule has 1 aromatic carbocycles. The number of benzene rings is 1. The van der Waals surface area contributed by atoms with Gasteiger partial charge in [-0.2, -0.15) is 23.5 Å². The number of amides is 1. The van der Waals surface area contributed by atoms with E-state index in [4.69, 9.17) is 0 Å². The number of rotatable bonds is 12. The minimum Gasteiger partial charge on any atom is -0.394 e. The average Bonchev–Trinajstić information content (AvgIpc) is 2.91. The average molecular weight is 560 g/mol. The van der Waals surface area contributed by atoms with Gasteiger partial charge in [0.1, 0.15) is 0 Å². The Morgan fingerprint density at radius 1 is 0.865 bits per heavy atom. The fraction of sp³-hybridized carbons (Fsp3) is 0.742. The van der Waals surface area contributed by atoms with E-state index in [-0.39, 0.29) is 24.2 Å². The van der Waals surface area contributed by atoms with Gasteiger partial charge in [0.15, 0.2) is 5.78 Å². The Morgan fingerprint density at radius 2 is 1.24 bits per heavy atom. The highest BCUT2D eigenvalue weighted by Gasteiger charge is 2.22. The van der Waals surface area contributed by atoms with Crippen LogP contribution < -0.4 is 5.32 Å².